The Morgan fingerprint density at radius 3 is 2.81 bits per heavy atom. The molecule has 136 valence electrons. The Bertz CT molecular complexity index is 873. The highest BCUT2D eigenvalue weighted by atomic mass is 35.5. The van der Waals surface area contributed by atoms with Crippen molar-refractivity contribution in [1.82, 2.24) is 14.7 Å². The van der Waals surface area contributed by atoms with Crippen LogP contribution in [0.4, 0.5) is 0 Å². The molecule has 7 heteroatoms. The zero-order valence-corrected chi connectivity index (χ0v) is 16.3. The summed E-state index contributed by atoms with van der Waals surface area (Å²) in [5.41, 5.74) is 1.99. The van der Waals surface area contributed by atoms with Gasteiger partial charge in [-0.25, -0.2) is 0 Å². The third-order valence-corrected chi connectivity index (χ3v) is 5.15. The van der Waals surface area contributed by atoms with Crippen LogP contribution in [-0.2, 0) is 19.7 Å². The zero-order chi connectivity index (χ0) is 18.5. The molecule has 0 bridgehead atoms. The molecule has 0 unspecified atom stereocenters. The van der Waals surface area contributed by atoms with E-state index >= 15 is 0 Å². The van der Waals surface area contributed by atoms with Crippen LogP contribution >= 0.6 is 22.9 Å². The number of aromatic nitrogens is 2. The summed E-state index contributed by atoms with van der Waals surface area (Å²) in [6, 6.07) is 11.0. The first-order chi connectivity index (χ1) is 12.6. The van der Waals surface area contributed by atoms with E-state index in [-0.39, 0.29) is 5.91 Å². The first kappa shape index (κ1) is 18.5. The Labute approximate surface area is 161 Å². The number of hydrogen-bond donors (Lipinski definition) is 0. The van der Waals surface area contributed by atoms with Gasteiger partial charge >= 0.3 is 0 Å². The van der Waals surface area contributed by atoms with Gasteiger partial charge in [-0.15, -0.1) is 11.3 Å². The number of halogens is 1. The number of hydrogen-bond acceptors (Lipinski definition) is 4. The van der Waals surface area contributed by atoms with Crippen molar-refractivity contribution >= 4 is 28.8 Å². The second kappa shape index (κ2) is 8.38. The largest absolute Gasteiger partial charge is 0.489 e. The molecule has 1 amide bonds. The monoisotopic (exact) mass is 389 g/mol. The number of rotatable bonds is 7. The van der Waals surface area contributed by atoms with Crippen molar-refractivity contribution in [2.24, 2.45) is 0 Å². The van der Waals surface area contributed by atoms with Gasteiger partial charge < -0.3 is 9.64 Å². The second-order valence-corrected chi connectivity index (χ2v) is 7.21. The molecule has 2 heterocycles. The number of amides is 1. The van der Waals surface area contributed by atoms with Gasteiger partial charge in [0.15, 0.2) is 0 Å². The van der Waals surface area contributed by atoms with Gasteiger partial charge in [-0.3, -0.25) is 9.48 Å². The Hall–Kier alpha value is -2.31. The van der Waals surface area contributed by atoms with Crippen LogP contribution in [0.1, 0.15) is 27.9 Å². The molecule has 0 saturated carbocycles. The van der Waals surface area contributed by atoms with Crippen LogP contribution in [-0.4, -0.2) is 27.6 Å². The van der Waals surface area contributed by atoms with Gasteiger partial charge in [0.2, 0.25) is 0 Å². The van der Waals surface area contributed by atoms with E-state index in [0.29, 0.717) is 23.1 Å². The summed E-state index contributed by atoms with van der Waals surface area (Å²) in [7, 11) is 1.80. The maximum absolute atomic E-state index is 12.6. The van der Waals surface area contributed by atoms with Crippen LogP contribution in [0.15, 0.2) is 48.0 Å². The number of nitrogens with zero attached hydrogens (tertiary/aromatic N) is 3. The molecular formula is C19H20ClN3O2S. The van der Waals surface area contributed by atoms with E-state index in [2.05, 4.69) is 5.10 Å². The molecular weight excluding hydrogens is 370 g/mol. The number of benzene rings is 1. The Kier molecular flexibility index (Phi) is 5.96. The van der Waals surface area contributed by atoms with Gasteiger partial charge in [0, 0.05) is 30.4 Å². The predicted octanol–water partition coefficient (Wildman–Crippen LogP) is 4.47. The Balaban J connectivity index is 1.59. The van der Waals surface area contributed by atoms with Crippen molar-refractivity contribution in [3.8, 4) is 5.75 Å². The van der Waals surface area contributed by atoms with Crippen LogP contribution in [0.5, 0.6) is 5.75 Å². The summed E-state index contributed by atoms with van der Waals surface area (Å²) < 4.78 is 7.62. The van der Waals surface area contributed by atoms with E-state index in [1.165, 1.54) is 11.3 Å². The summed E-state index contributed by atoms with van der Waals surface area (Å²) in [6.45, 7) is 3.76. The van der Waals surface area contributed by atoms with E-state index in [4.69, 9.17) is 16.3 Å². The van der Waals surface area contributed by atoms with Crippen LogP contribution in [0.2, 0.25) is 5.02 Å². The van der Waals surface area contributed by atoms with E-state index < -0.39 is 0 Å². The highest BCUT2D eigenvalue weighted by Crippen LogP contribution is 2.21. The summed E-state index contributed by atoms with van der Waals surface area (Å²) in [5, 5.41) is 6.86. The molecule has 0 radical (unpaired) electrons. The Morgan fingerprint density at radius 1 is 1.31 bits per heavy atom. The minimum absolute atomic E-state index is 0.00315. The molecule has 1 aromatic carbocycles. The molecule has 0 saturated heterocycles. The average Bonchev–Trinajstić information content (AvgIpc) is 3.29. The molecule has 0 atom stereocenters. The summed E-state index contributed by atoms with van der Waals surface area (Å²) in [5.74, 6) is 0.745. The molecule has 0 fully saturated rings. The molecule has 0 aliphatic heterocycles. The fourth-order valence-electron chi connectivity index (χ4n) is 2.54. The molecule has 0 spiro atoms. The van der Waals surface area contributed by atoms with Crippen molar-refractivity contribution in [1.29, 1.82) is 0 Å². The van der Waals surface area contributed by atoms with Crippen LogP contribution in [0.25, 0.3) is 0 Å². The van der Waals surface area contributed by atoms with Crippen LogP contribution in [0.3, 0.4) is 0 Å². The molecule has 3 rings (SSSR count). The van der Waals surface area contributed by atoms with Gasteiger partial charge in [0.1, 0.15) is 12.4 Å². The number of ether oxygens (including phenoxy) is 1. The average molecular weight is 390 g/mol. The van der Waals surface area contributed by atoms with Crippen molar-refractivity contribution in [3.63, 3.8) is 0 Å². The van der Waals surface area contributed by atoms with E-state index in [1.807, 2.05) is 41.3 Å². The molecule has 2 aromatic heterocycles. The molecule has 0 aliphatic carbocycles. The summed E-state index contributed by atoms with van der Waals surface area (Å²) >= 11 is 7.30. The van der Waals surface area contributed by atoms with Gasteiger partial charge in [-0.2, -0.15) is 5.10 Å². The number of carbonyl (C=O) groups excluding carboxylic acids is 1. The highest BCUT2D eigenvalue weighted by Gasteiger charge is 2.16. The highest BCUT2D eigenvalue weighted by molar-refractivity contribution is 7.12. The van der Waals surface area contributed by atoms with Gasteiger partial charge in [0.25, 0.3) is 5.91 Å². The standard InChI is InChI=1S/C19H20ClN3O2S/c1-3-23-16(8-9-21-23)11-22(2)19(24)18-10-14(13-26-18)12-25-17-6-4-15(20)5-7-17/h4-10,13H,3,11-12H2,1-2H3. The van der Waals surface area contributed by atoms with Crippen LogP contribution in [0, 0.1) is 0 Å². The van der Waals surface area contributed by atoms with Gasteiger partial charge in [-0.1, -0.05) is 11.6 Å². The molecule has 5 nitrogen and oxygen atoms in total. The SMILES string of the molecule is CCn1nccc1CN(C)C(=O)c1cc(COc2ccc(Cl)cc2)cs1. The van der Waals surface area contributed by atoms with Gasteiger partial charge in [0.05, 0.1) is 17.1 Å². The summed E-state index contributed by atoms with van der Waals surface area (Å²) in [6.07, 6.45) is 1.76. The van der Waals surface area contributed by atoms with Crippen LogP contribution < -0.4 is 4.74 Å². The first-order valence-corrected chi connectivity index (χ1v) is 9.54. The minimum atomic E-state index is -0.00315. The lowest BCUT2D eigenvalue weighted by atomic mass is 10.3. The van der Waals surface area contributed by atoms with Crippen molar-refractivity contribution in [2.45, 2.75) is 26.6 Å². The van der Waals surface area contributed by atoms with Crippen molar-refractivity contribution < 1.29 is 9.53 Å². The topological polar surface area (TPSA) is 47.4 Å². The predicted molar refractivity (Wildman–Crippen MR) is 104 cm³/mol. The van der Waals surface area contributed by atoms with E-state index in [1.54, 1.807) is 30.3 Å². The lowest BCUT2D eigenvalue weighted by Gasteiger charge is -2.16. The maximum Gasteiger partial charge on any atom is 0.264 e. The first-order valence-electron chi connectivity index (χ1n) is 8.28. The fourth-order valence-corrected chi connectivity index (χ4v) is 3.56. The lowest BCUT2D eigenvalue weighted by molar-refractivity contribution is 0.0786. The normalized spacial score (nSPS) is 10.7. The lowest BCUT2D eigenvalue weighted by Crippen LogP contribution is -2.26. The third kappa shape index (κ3) is 4.45. The quantitative estimate of drug-likeness (QED) is 0.599. The zero-order valence-electron chi connectivity index (χ0n) is 14.7. The number of thiophene rings is 1. The molecule has 3 aromatic rings. The number of aryl methyl sites for hydroxylation is 1. The van der Waals surface area contributed by atoms with Crippen molar-refractivity contribution in [3.05, 3.63) is 69.1 Å². The smallest absolute Gasteiger partial charge is 0.264 e. The second-order valence-electron chi connectivity index (χ2n) is 5.86. The Morgan fingerprint density at radius 2 is 2.08 bits per heavy atom. The van der Waals surface area contributed by atoms with Gasteiger partial charge in [-0.05, 0) is 48.7 Å². The third-order valence-electron chi connectivity index (χ3n) is 3.93. The molecule has 0 N–H and O–H groups in total. The number of carbonyl (C=O) groups is 1. The summed E-state index contributed by atoms with van der Waals surface area (Å²) in [4.78, 5) is 15.1. The van der Waals surface area contributed by atoms with Crippen molar-refractivity contribution in [2.75, 3.05) is 7.05 Å². The fraction of sp³-hybridized carbons (Fsp3) is 0.263. The minimum Gasteiger partial charge on any atom is -0.489 e. The van der Waals surface area contributed by atoms with E-state index in [9.17, 15) is 4.79 Å². The maximum atomic E-state index is 12.6. The molecule has 0 aliphatic rings. The van der Waals surface area contributed by atoms with E-state index in [0.717, 1.165) is 23.6 Å². The molecule has 26 heavy (non-hydrogen) atoms.